The summed E-state index contributed by atoms with van der Waals surface area (Å²) < 4.78 is 0. The van der Waals surface area contributed by atoms with Gasteiger partial charge in [-0.2, -0.15) is 0 Å². The van der Waals surface area contributed by atoms with Gasteiger partial charge in [-0.3, -0.25) is 4.90 Å². The Balaban J connectivity index is 2.00. The highest BCUT2D eigenvalue weighted by Gasteiger charge is 2.17. The van der Waals surface area contributed by atoms with Crippen LogP contribution >= 0.6 is 11.3 Å². The van der Waals surface area contributed by atoms with Crippen molar-refractivity contribution in [1.82, 2.24) is 4.90 Å². The maximum atomic E-state index is 9.26. The first-order chi connectivity index (χ1) is 6.25. The van der Waals surface area contributed by atoms with Crippen LogP contribution in [0.1, 0.15) is 17.4 Å². The molecule has 0 aromatic carbocycles. The maximum Gasteiger partial charge on any atom is 0.0639 e. The quantitative estimate of drug-likeness (QED) is 0.776. The highest BCUT2D eigenvalue weighted by Crippen LogP contribution is 2.23. The Kier molecular flexibility index (Phi) is 2.67. The van der Waals surface area contributed by atoms with Crippen LogP contribution in [0.5, 0.6) is 0 Å². The van der Waals surface area contributed by atoms with Crippen molar-refractivity contribution < 1.29 is 5.11 Å². The van der Waals surface area contributed by atoms with Gasteiger partial charge in [-0.05, 0) is 30.4 Å². The van der Waals surface area contributed by atoms with E-state index in [2.05, 4.69) is 16.3 Å². The smallest absolute Gasteiger partial charge is 0.0639 e. The van der Waals surface area contributed by atoms with Crippen molar-refractivity contribution in [1.29, 1.82) is 0 Å². The van der Waals surface area contributed by atoms with E-state index in [1.807, 2.05) is 18.3 Å². The van der Waals surface area contributed by atoms with Gasteiger partial charge < -0.3 is 5.11 Å². The highest BCUT2D eigenvalue weighted by atomic mass is 32.1. The molecule has 0 bridgehead atoms. The Hall–Kier alpha value is -0.380. The summed E-state index contributed by atoms with van der Waals surface area (Å²) in [7, 11) is 0. The lowest BCUT2D eigenvalue weighted by molar-refractivity contribution is 0.120. The minimum absolute atomic E-state index is 0.207. The molecule has 0 radical (unpaired) electrons. The second-order valence-corrected chi connectivity index (χ2v) is 4.70. The topological polar surface area (TPSA) is 23.5 Å². The van der Waals surface area contributed by atoms with Crippen LogP contribution in [-0.2, 0) is 13.0 Å². The molecule has 2 heterocycles. The fourth-order valence-electron chi connectivity index (χ4n) is 1.82. The van der Waals surface area contributed by atoms with E-state index in [1.54, 1.807) is 0 Å². The predicted octanol–water partition coefficient (Wildman–Crippen LogP) is 1.49. The van der Waals surface area contributed by atoms with Gasteiger partial charge in [0.15, 0.2) is 0 Å². The first-order valence-corrected chi connectivity index (χ1v) is 5.59. The molecule has 1 aromatic heterocycles. The first kappa shape index (κ1) is 9.19. The zero-order chi connectivity index (χ0) is 9.26. The minimum atomic E-state index is -0.207. The molecular formula is C10H15NOS. The van der Waals surface area contributed by atoms with E-state index in [1.165, 1.54) is 10.4 Å². The van der Waals surface area contributed by atoms with Crippen molar-refractivity contribution in [3.8, 4) is 0 Å². The zero-order valence-electron chi connectivity index (χ0n) is 7.86. The minimum Gasteiger partial charge on any atom is -0.392 e. The van der Waals surface area contributed by atoms with Crippen molar-refractivity contribution in [2.45, 2.75) is 26.0 Å². The van der Waals surface area contributed by atoms with Crippen LogP contribution in [-0.4, -0.2) is 29.2 Å². The van der Waals surface area contributed by atoms with Crippen LogP contribution in [0.25, 0.3) is 0 Å². The molecule has 3 heteroatoms. The van der Waals surface area contributed by atoms with E-state index < -0.39 is 0 Å². The molecule has 0 aliphatic carbocycles. The van der Waals surface area contributed by atoms with Gasteiger partial charge in [0.25, 0.3) is 0 Å². The molecule has 0 fully saturated rings. The Morgan fingerprint density at radius 2 is 2.54 bits per heavy atom. The van der Waals surface area contributed by atoms with Crippen molar-refractivity contribution in [3.05, 3.63) is 21.9 Å². The van der Waals surface area contributed by atoms with E-state index in [0.717, 1.165) is 26.1 Å². The van der Waals surface area contributed by atoms with Gasteiger partial charge >= 0.3 is 0 Å². The van der Waals surface area contributed by atoms with Crippen LogP contribution in [0.3, 0.4) is 0 Å². The number of rotatable bonds is 2. The molecule has 1 atom stereocenters. The number of thiophene rings is 1. The number of hydrogen-bond acceptors (Lipinski definition) is 3. The van der Waals surface area contributed by atoms with Gasteiger partial charge in [0.2, 0.25) is 0 Å². The number of nitrogens with zero attached hydrogens (tertiary/aromatic N) is 1. The monoisotopic (exact) mass is 197 g/mol. The Bertz CT molecular complexity index is 282. The summed E-state index contributed by atoms with van der Waals surface area (Å²) in [5.74, 6) is 0. The van der Waals surface area contributed by atoms with Crippen LogP contribution in [0.4, 0.5) is 0 Å². The lowest BCUT2D eigenvalue weighted by atomic mass is 10.1. The average Bonchev–Trinajstić information content (AvgIpc) is 2.49. The summed E-state index contributed by atoms with van der Waals surface area (Å²) in [6.07, 6.45) is 0.937. The van der Waals surface area contributed by atoms with Crippen molar-refractivity contribution in [2.24, 2.45) is 0 Å². The molecule has 2 rings (SSSR count). The normalized spacial score (nSPS) is 19.8. The van der Waals surface area contributed by atoms with E-state index in [9.17, 15) is 5.11 Å². The Morgan fingerprint density at radius 3 is 3.31 bits per heavy atom. The average molecular weight is 197 g/mol. The van der Waals surface area contributed by atoms with E-state index >= 15 is 0 Å². The number of aliphatic hydroxyl groups is 1. The summed E-state index contributed by atoms with van der Waals surface area (Å²) in [5.41, 5.74) is 1.51. The van der Waals surface area contributed by atoms with Crippen LogP contribution in [0, 0.1) is 0 Å². The zero-order valence-corrected chi connectivity index (χ0v) is 8.68. The molecule has 1 aliphatic rings. The van der Waals surface area contributed by atoms with Gasteiger partial charge in [0.1, 0.15) is 0 Å². The van der Waals surface area contributed by atoms with E-state index in [0.29, 0.717) is 0 Å². The lowest BCUT2D eigenvalue weighted by Crippen LogP contribution is -2.34. The summed E-state index contributed by atoms with van der Waals surface area (Å²) in [4.78, 5) is 3.80. The van der Waals surface area contributed by atoms with E-state index in [4.69, 9.17) is 0 Å². The number of hydrogen-bond donors (Lipinski definition) is 1. The molecule has 0 saturated heterocycles. The number of aliphatic hydroxyl groups excluding tert-OH is 1. The molecule has 1 N–H and O–H groups in total. The summed E-state index contributed by atoms with van der Waals surface area (Å²) in [6, 6.07) is 2.22. The second-order valence-electron chi connectivity index (χ2n) is 3.70. The van der Waals surface area contributed by atoms with Crippen molar-refractivity contribution in [2.75, 3.05) is 13.1 Å². The highest BCUT2D eigenvalue weighted by molar-refractivity contribution is 7.10. The predicted molar refractivity (Wildman–Crippen MR) is 55.0 cm³/mol. The Labute approximate surface area is 82.8 Å². The standard InChI is InChI=1S/C10H15NOS/c1-8(12)6-11-4-2-9-3-5-13-10(9)7-11/h3,5,8,12H,2,4,6-7H2,1H3. The van der Waals surface area contributed by atoms with Crippen LogP contribution in [0.2, 0.25) is 0 Å². The fraction of sp³-hybridized carbons (Fsp3) is 0.600. The van der Waals surface area contributed by atoms with Gasteiger partial charge in [-0.1, -0.05) is 0 Å². The fourth-order valence-corrected chi connectivity index (χ4v) is 2.79. The molecular weight excluding hydrogens is 182 g/mol. The molecule has 1 aliphatic heterocycles. The largest absolute Gasteiger partial charge is 0.392 e. The SMILES string of the molecule is CC(O)CN1CCc2ccsc2C1. The number of β-amino-alcohol motifs (C(OH)–C–C–N with tert-alkyl or cyclic N) is 1. The summed E-state index contributed by atoms with van der Waals surface area (Å²) in [5, 5.41) is 11.4. The molecule has 2 nitrogen and oxygen atoms in total. The summed E-state index contributed by atoms with van der Waals surface area (Å²) in [6.45, 7) is 4.77. The van der Waals surface area contributed by atoms with Crippen LogP contribution in [0.15, 0.2) is 11.4 Å². The third kappa shape index (κ3) is 2.10. The summed E-state index contributed by atoms with van der Waals surface area (Å²) >= 11 is 1.83. The van der Waals surface area contributed by atoms with E-state index in [-0.39, 0.29) is 6.10 Å². The third-order valence-electron chi connectivity index (χ3n) is 2.42. The molecule has 1 unspecified atom stereocenters. The maximum absolute atomic E-state index is 9.26. The van der Waals surface area contributed by atoms with Crippen LogP contribution < -0.4 is 0 Å². The molecule has 1 aromatic rings. The molecule has 0 spiro atoms. The third-order valence-corrected chi connectivity index (χ3v) is 3.37. The van der Waals surface area contributed by atoms with Crippen molar-refractivity contribution in [3.63, 3.8) is 0 Å². The van der Waals surface area contributed by atoms with Gasteiger partial charge in [0, 0.05) is 24.5 Å². The number of fused-ring (bicyclic) bond motifs is 1. The van der Waals surface area contributed by atoms with Gasteiger partial charge in [-0.15, -0.1) is 11.3 Å². The van der Waals surface area contributed by atoms with Crippen molar-refractivity contribution >= 4 is 11.3 Å². The molecule has 0 amide bonds. The Morgan fingerprint density at radius 1 is 1.69 bits per heavy atom. The first-order valence-electron chi connectivity index (χ1n) is 4.71. The lowest BCUT2D eigenvalue weighted by Gasteiger charge is -2.27. The van der Waals surface area contributed by atoms with Gasteiger partial charge in [0.05, 0.1) is 6.10 Å². The molecule has 13 heavy (non-hydrogen) atoms. The molecule has 72 valence electrons. The van der Waals surface area contributed by atoms with Gasteiger partial charge in [-0.25, -0.2) is 0 Å². The second kappa shape index (κ2) is 3.78. The molecule has 0 saturated carbocycles.